The molecule has 7 nitrogen and oxygen atoms in total. The molecule has 1 aliphatic rings. The molecule has 3 aromatic rings. The number of amides is 1. The van der Waals surface area contributed by atoms with E-state index in [2.05, 4.69) is 5.32 Å². The molecule has 40 heavy (non-hydrogen) atoms. The molecule has 0 bridgehead atoms. The first-order valence-electron chi connectivity index (χ1n) is 13.4. The molecule has 1 aromatic heterocycles. The third-order valence-corrected chi connectivity index (χ3v) is 7.32. The van der Waals surface area contributed by atoms with Crippen LogP contribution in [-0.4, -0.2) is 29.3 Å². The van der Waals surface area contributed by atoms with Crippen molar-refractivity contribution in [1.29, 1.82) is 0 Å². The number of Topliss-reactive ketones (excluding diaryl/α,β-unsaturated/α-hetero) is 1. The van der Waals surface area contributed by atoms with Gasteiger partial charge in [0.1, 0.15) is 17.4 Å². The van der Waals surface area contributed by atoms with Crippen LogP contribution in [0.2, 0.25) is 0 Å². The van der Waals surface area contributed by atoms with Crippen molar-refractivity contribution in [2.75, 3.05) is 6.61 Å². The van der Waals surface area contributed by atoms with Gasteiger partial charge in [0, 0.05) is 16.9 Å². The number of allylic oxidation sites excluding steroid dienone is 2. The third-order valence-electron chi connectivity index (χ3n) is 6.34. The van der Waals surface area contributed by atoms with Crippen molar-refractivity contribution >= 4 is 35.1 Å². The largest absolute Gasteiger partial charge is 0.489 e. The van der Waals surface area contributed by atoms with Gasteiger partial charge in [0.2, 0.25) is 5.78 Å². The van der Waals surface area contributed by atoms with Crippen LogP contribution in [0, 0.1) is 5.92 Å². The average Bonchev–Trinajstić information content (AvgIpc) is 3.70. The maximum Gasteiger partial charge on any atom is 0.333 e. The van der Waals surface area contributed by atoms with Crippen molar-refractivity contribution in [2.24, 2.45) is 5.92 Å². The fourth-order valence-corrected chi connectivity index (χ4v) is 4.93. The number of benzene rings is 2. The Kier molecular flexibility index (Phi) is 10.0. The summed E-state index contributed by atoms with van der Waals surface area (Å²) in [5.74, 6) is -0.684. The highest BCUT2D eigenvalue weighted by Crippen LogP contribution is 2.31. The lowest BCUT2D eigenvalue weighted by atomic mass is 10.1. The molecule has 0 saturated heterocycles. The first-order valence-corrected chi connectivity index (χ1v) is 14.3. The van der Waals surface area contributed by atoms with Gasteiger partial charge in [-0.3, -0.25) is 9.59 Å². The van der Waals surface area contributed by atoms with E-state index in [1.807, 2.05) is 73.0 Å². The number of hydrogen-bond acceptors (Lipinski definition) is 7. The summed E-state index contributed by atoms with van der Waals surface area (Å²) in [6, 6.07) is 17.2. The van der Waals surface area contributed by atoms with Crippen molar-refractivity contribution < 1.29 is 23.9 Å². The standard InChI is InChI=1S/C32H34N2O5S/c1-4-38-32(37)22(3)16-21(2)17-26-20-40-31(33-26)28(34-30(36)29(35)25-12-13-25)18-23-10-14-27(15-11-23)39-19-24-8-6-5-7-9-24/h5-11,14-17,20,25,28H,4,12-13,18-19H2,1-3H3,(H,34,36)/t28-/m0/s1. The highest BCUT2D eigenvalue weighted by Gasteiger charge is 2.35. The van der Waals surface area contributed by atoms with E-state index in [4.69, 9.17) is 14.5 Å². The van der Waals surface area contributed by atoms with Crippen LogP contribution in [0.15, 0.2) is 77.2 Å². The zero-order chi connectivity index (χ0) is 28.5. The molecule has 0 spiro atoms. The van der Waals surface area contributed by atoms with Gasteiger partial charge < -0.3 is 14.8 Å². The first kappa shape index (κ1) is 29.0. The normalized spacial score (nSPS) is 14.4. The third kappa shape index (κ3) is 8.48. The molecular weight excluding hydrogens is 524 g/mol. The fourth-order valence-electron chi connectivity index (χ4n) is 4.11. The summed E-state index contributed by atoms with van der Waals surface area (Å²) in [4.78, 5) is 41.8. The van der Waals surface area contributed by atoms with Gasteiger partial charge in [-0.2, -0.15) is 0 Å². The summed E-state index contributed by atoms with van der Waals surface area (Å²) >= 11 is 1.42. The van der Waals surface area contributed by atoms with E-state index in [1.54, 1.807) is 19.9 Å². The van der Waals surface area contributed by atoms with Gasteiger partial charge in [-0.15, -0.1) is 11.3 Å². The molecule has 208 valence electrons. The van der Waals surface area contributed by atoms with Gasteiger partial charge in [-0.05, 0) is 81.0 Å². The summed E-state index contributed by atoms with van der Waals surface area (Å²) in [5.41, 5.74) is 4.13. The fraction of sp³-hybridized carbons (Fsp3) is 0.312. The highest BCUT2D eigenvalue weighted by atomic mass is 32.1. The lowest BCUT2D eigenvalue weighted by Crippen LogP contribution is -2.36. The van der Waals surface area contributed by atoms with Crippen LogP contribution in [-0.2, 0) is 32.1 Å². The number of aromatic nitrogens is 1. The lowest BCUT2D eigenvalue weighted by Gasteiger charge is -2.17. The second-order valence-electron chi connectivity index (χ2n) is 9.83. The molecule has 0 radical (unpaired) electrons. The smallest absolute Gasteiger partial charge is 0.333 e. The van der Waals surface area contributed by atoms with E-state index in [1.165, 1.54) is 11.3 Å². The zero-order valence-corrected chi connectivity index (χ0v) is 23.8. The van der Waals surface area contributed by atoms with E-state index in [0.717, 1.165) is 35.3 Å². The van der Waals surface area contributed by atoms with Crippen LogP contribution >= 0.6 is 11.3 Å². The Morgan fingerprint density at radius 1 is 1.05 bits per heavy atom. The maximum absolute atomic E-state index is 12.7. The summed E-state index contributed by atoms with van der Waals surface area (Å²) in [6.07, 6.45) is 5.64. The Morgan fingerprint density at radius 2 is 1.77 bits per heavy atom. The number of carbonyl (C=O) groups is 3. The van der Waals surface area contributed by atoms with Crippen molar-refractivity contribution in [3.05, 3.63) is 99.0 Å². The Bertz CT molecular complexity index is 1390. The Hall–Kier alpha value is -4.04. The van der Waals surface area contributed by atoms with E-state index in [9.17, 15) is 14.4 Å². The lowest BCUT2D eigenvalue weighted by molar-refractivity contribution is -0.139. The van der Waals surface area contributed by atoms with Crippen LogP contribution in [0.1, 0.15) is 61.5 Å². The van der Waals surface area contributed by atoms with Crippen molar-refractivity contribution in [3.63, 3.8) is 0 Å². The second kappa shape index (κ2) is 13.8. The molecule has 1 N–H and O–H groups in total. The Labute approximate surface area is 238 Å². The molecule has 2 aromatic carbocycles. The Morgan fingerprint density at radius 3 is 2.45 bits per heavy atom. The minimum atomic E-state index is -0.563. The predicted octanol–water partition coefficient (Wildman–Crippen LogP) is 6.01. The molecule has 4 rings (SSSR count). The number of rotatable bonds is 13. The molecule has 1 atom stereocenters. The van der Waals surface area contributed by atoms with E-state index >= 15 is 0 Å². The van der Waals surface area contributed by atoms with Crippen molar-refractivity contribution in [1.82, 2.24) is 10.3 Å². The van der Waals surface area contributed by atoms with Gasteiger partial charge in [-0.1, -0.05) is 42.5 Å². The average molecular weight is 559 g/mol. The molecule has 8 heteroatoms. The zero-order valence-electron chi connectivity index (χ0n) is 23.0. The molecule has 1 aliphatic carbocycles. The van der Waals surface area contributed by atoms with Gasteiger partial charge in [0.15, 0.2) is 0 Å². The van der Waals surface area contributed by atoms with Crippen LogP contribution < -0.4 is 10.1 Å². The minimum absolute atomic E-state index is 0.159. The topological polar surface area (TPSA) is 94.6 Å². The number of ketones is 1. The van der Waals surface area contributed by atoms with Gasteiger partial charge in [-0.25, -0.2) is 9.78 Å². The van der Waals surface area contributed by atoms with E-state index in [0.29, 0.717) is 35.9 Å². The van der Waals surface area contributed by atoms with Crippen molar-refractivity contribution in [3.8, 4) is 5.75 Å². The molecule has 1 fully saturated rings. The van der Waals surface area contributed by atoms with Crippen molar-refractivity contribution in [2.45, 2.75) is 52.7 Å². The van der Waals surface area contributed by atoms with Gasteiger partial charge >= 0.3 is 5.97 Å². The van der Waals surface area contributed by atoms with Crippen LogP contribution in [0.25, 0.3) is 6.08 Å². The molecule has 1 saturated carbocycles. The molecule has 0 aliphatic heterocycles. The summed E-state index contributed by atoms with van der Waals surface area (Å²) in [5, 5.41) is 5.52. The molecular formula is C32H34N2O5S. The van der Waals surface area contributed by atoms with Crippen LogP contribution in [0.4, 0.5) is 0 Å². The van der Waals surface area contributed by atoms with Gasteiger partial charge in [0.05, 0.1) is 18.3 Å². The summed E-state index contributed by atoms with van der Waals surface area (Å²) < 4.78 is 10.9. The monoisotopic (exact) mass is 558 g/mol. The second-order valence-corrected chi connectivity index (χ2v) is 10.7. The minimum Gasteiger partial charge on any atom is -0.489 e. The predicted molar refractivity (Wildman–Crippen MR) is 156 cm³/mol. The van der Waals surface area contributed by atoms with E-state index < -0.39 is 11.9 Å². The first-order chi connectivity index (χ1) is 19.3. The number of hydrogen-bond donors (Lipinski definition) is 1. The van der Waals surface area contributed by atoms with Crippen LogP contribution in [0.5, 0.6) is 5.75 Å². The molecule has 0 unspecified atom stereocenters. The summed E-state index contributed by atoms with van der Waals surface area (Å²) in [7, 11) is 0. The SMILES string of the molecule is CCOC(=O)C(C)=CC(C)=Cc1csc([C@H](Cc2ccc(OCc3ccccc3)cc2)NC(=O)C(=O)C2CC2)n1. The van der Waals surface area contributed by atoms with Gasteiger partial charge in [0.25, 0.3) is 5.91 Å². The number of thiazole rings is 1. The summed E-state index contributed by atoms with van der Waals surface area (Å²) in [6.45, 7) is 6.17. The quantitative estimate of drug-likeness (QED) is 0.119. The number of nitrogens with zero attached hydrogens (tertiary/aromatic N) is 1. The Balaban J connectivity index is 1.47. The molecule has 1 heterocycles. The van der Waals surface area contributed by atoms with E-state index in [-0.39, 0.29) is 17.7 Å². The number of ether oxygens (including phenoxy) is 2. The highest BCUT2D eigenvalue weighted by molar-refractivity contribution is 7.09. The molecule has 1 amide bonds. The maximum atomic E-state index is 12.7. The number of esters is 1. The number of nitrogens with one attached hydrogen (secondary N) is 1. The van der Waals surface area contributed by atoms with Crippen LogP contribution in [0.3, 0.4) is 0 Å². The number of carbonyl (C=O) groups excluding carboxylic acids is 3.